The number of amides is 1. The van der Waals surface area contributed by atoms with Crippen LogP contribution in [0.25, 0.3) is 6.08 Å². The number of hydrogen-bond acceptors (Lipinski definition) is 6. The van der Waals surface area contributed by atoms with Crippen LogP contribution in [0.2, 0.25) is 0 Å². The van der Waals surface area contributed by atoms with Crippen molar-refractivity contribution in [3.8, 4) is 17.5 Å². The van der Waals surface area contributed by atoms with Gasteiger partial charge in [-0.3, -0.25) is 4.79 Å². The number of carbonyl (C=O) groups excluding carboxylic acids is 1. The molecule has 1 aliphatic rings. The normalized spacial score (nSPS) is 16.7. The smallest absolute Gasteiger partial charge is 0.278 e. The van der Waals surface area contributed by atoms with E-state index in [9.17, 15) is 4.79 Å². The van der Waals surface area contributed by atoms with Gasteiger partial charge in [-0.25, -0.2) is 9.97 Å². The van der Waals surface area contributed by atoms with Crippen molar-refractivity contribution in [2.45, 2.75) is 12.5 Å². The van der Waals surface area contributed by atoms with Gasteiger partial charge in [-0.1, -0.05) is 12.1 Å². The van der Waals surface area contributed by atoms with E-state index < -0.39 is 0 Å². The van der Waals surface area contributed by atoms with Gasteiger partial charge in [-0.05, 0) is 23.8 Å². The van der Waals surface area contributed by atoms with E-state index in [1.165, 1.54) is 7.11 Å². The van der Waals surface area contributed by atoms with Gasteiger partial charge in [0.1, 0.15) is 11.9 Å². The summed E-state index contributed by atoms with van der Waals surface area (Å²) >= 11 is 0. The fourth-order valence-corrected chi connectivity index (χ4v) is 2.70. The van der Waals surface area contributed by atoms with Gasteiger partial charge in [-0.15, -0.1) is 0 Å². The number of nitrogens with zero attached hydrogens (tertiary/aromatic N) is 3. The zero-order valence-electron chi connectivity index (χ0n) is 14.8. The minimum Gasteiger partial charge on any atom is -0.497 e. The maximum absolute atomic E-state index is 12.4. The predicted molar refractivity (Wildman–Crippen MR) is 96.2 cm³/mol. The number of carbonyl (C=O) groups is 1. The van der Waals surface area contributed by atoms with Gasteiger partial charge in [0, 0.05) is 31.4 Å². The zero-order valence-corrected chi connectivity index (χ0v) is 14.8. The van der Waals surface area contributed by atoms with Crippen molar-refractivity contribution in [3.63, 3.8) is 0 Å². The summed E-state index contributed by atoms with van der Waals surface area (Å²) < 4.78 is 16.1. The lowest BCUT2D eigenvalue weighted by molar-refractivity contribution is -0.125. The molecule has 1 amide bonds. The summed E-state index contributed by atoms with van der Waals surface area (Å²) in [5, 5.41) is 0. The minimum absolute atomic E-state index is 0.0435. The highest BCUT2D eigenvalue weighted by atomic mass is 16.5. The molecule has 1 aromatic heterocycles. The van der Waals surface area contributed by atoms with Crippen LogP contribution in [0.3, 0.4) is 0 Å². The minimum atomic E-state index is -0.126. The number of ether oxygens (including phenoxy) is 3. The number of methoxy groups -OCH3 is 2. The Bertz CT molecular complexity index is 777. The fraction of sp³-hybridized carbons (Fsp3) is 0.316. The van der Waals surface area contributed by atoms with E-state index in [1.54, 1.807) is 36.6 Å². The Kier molecular flexibility index (Phi) is 5.68. The third kappa shape index (κ3) is 4.30. The number of benzene rings is 1. The van der Waals surface area contributed by atoms with E-state index in [-0.39, 0.29) is 12.0 Å². The monoisotopic (exact) mass is 355 g/mol. The lowest BCUT2D eigenvalue weighted by Crippen LogP contribution is -2.29. The number of likely N-dealkylation sites (tertiary alicyclic amines) is 1. The summed E-state index contributed by atoms with van der Waals surface area (Å²) in [6, 6.07) is 7.52. The van der Waals surface area contributed by atoms with Crippen LogP contribution in [-0.2, 0) is 4.79 Å². The molecule has 1 fully saturated rings. The Balaban J connectivity index is 1.55. The third-order valence-electron chi connectivity index (χ3n) is 4.10. The number of hydrogen-bond donors (Lipinski definition) is 0. The summed E-state index contributed by atoms with van der Waals surface area (Å²) in [5.41, 5.74) is 0.940. The molecule has 2 heterocycles. The molecule has 0 aliphatic carbocycles. The van der Waals surface area contributed by atoms with Crippen molar-refractivity contribution in [1.29, 1.82) is 0 Å². The lowest BCUT2D eigenvalue weighted by atomic mass is 10.2. The first kappa shape index (κ1) is 17.7. The summed E-state index contributed by atoms with van der Waals surface area (Å²) in [6.07, 6.45) is 7.07. The molecule has 0 radical (unpaired) electrons. The first-order valence-corrected chi connectivity index (χ1v) is 8.32. The van der Waals surface area contributed by atoms with Gasteiger partial charge in [0.2, 0.25) is 5.91 Å². The molecule has 1 unspecified atom stereocenters. The molecule has 0 spiro atoms. The quantitative estimate of drug-likeness (QED) is 0.740. The van der Waals surface area contributed by atoms with Crippen molar-refractivity contribution in [2.24, 2.45) is 0 Å². The molecule has 2 aromatic rings. The van der Waals surface area contributed by atoms with E-state index in [0.717, 1.165) is 17.7 Å². The van der Waals surface area contributed by atoms with Crippen LogP contribution in [0, 0.1) is 0 Å². The molecular formula is C19H21N3O4. The van der Waals surface area contributed by atoms with Crippen molar-refractivity contribution in [3.05, 3.63) is 48.3 Å². The van der Waals surface area contributed by atoms with Crippen LogP contribution in [0.15, 0.2) is 42.7 Å². The highest BCUT2D eigenvalue weighted by Gasteiger charge is 2.27. The topological polar surface area (TPSA) is 73.8 Å². The second kappa shape index (κ2) is 8.33. The van der Waals surface area contributed by atoms with Crippen molar-refractivity contribution < 1.29 is 19.0 Å². The Labute approximate surface area is 152 Å². The SMILES string of the molecule is COc1ccc(C=CC(=O)N2CCC(Oc3nccnc3OC)C2)cc1. The molecule has 26 heavy (non-hydrogen) atoms. The van der Waals surface area contributed by atoms with Gasteiger partial charge in [0.15, 0.2) is 0 Å². The predicted octanol–water partition coefficient (Wildman–Crippen LogP) is 2.19. The second-order valence-corrected chi connectivity index (χ2v) is 5.79. The van der Waals surface area contributed by atoms with Crippen LogP contribution in [0.5, 0.6) is 17.5 Å². The molecule has 1 aromatic carbocycles. The summed E-state index contributed by atoms with van der Waals surface area (Å²) in [5.74, 6) is 1.44. The van der Waals surface area contributed by atoms with Crippen LogP contribution >= 0.6 is 0 Å². The molecule has 0 bridgehead atoms. The molecule has 136 valence electrons. The molecule has 7 heteroatoms. The van der Waals surface area contributed by atoms with Gasteiger partial charge in [0.05, 0.1) is 20.8 Å². The average Bonchev–Trinajstić information content (AvgIpc) is 3.15. The summed E-state index contributed by atoms with van der Waals surface area (Å²) in [7, 11) is 3.14. The zero-order chi connectivity index (χ0) is 18.4. The molecule has 1 aliphatic heterocycles. The van der Waals surface area contributed by atoms with Gasteiger partial charge < -0.3 is 19.1 Å². The Morgan fingerprint density at radius 1 is 1.12 bits per heavy atom. The molecule has 0 N–H and O–H groups in total. The maximum atomic E-state index is 12.4. The molecule has 3 rings (SSSR count). The molecular weight excluding hydrogens is 334 g/mol. The van der Waals surface area contributed by atoms with E-state index in [1.807, 2.05) is 24.3 Å². The number of aromatic nitrogens is 2. The largest absolute Gasteiger partial charge is 0.497 e. The highest BCUT2D eigenvalue weighted by molar-refractivity contribution is 5.92. The van der Waals surface area contributed by atoms with E-state index in [0.29, 0.717) is 24.8 Å². The Morgan fingerprint density at radius 3 is 2.54 bits per heavy atom. The van der Waals surface area contributed by atoms with E-state index >= 15 is 0 Å². The lowest BCUT2D eigenvalue weighted by Gasteiger charge is -2.16. The first-order valence-electron chi connectivity index (χ1n) is 8.32. The van der Waals surface area contributed by atoms with E-state index in [4.69, 9.17) is 14.2 Å². The van der Waals surface area contributed by atoms with Crippen molar-refractivity contribution >= 4 is 12.0 Å². The number of rotatable bonds is 6. The second-order valence-electron chi connectivity index (χ2n) is 5.79. The van der Waals surface area contributed by atoms with Gasteiger partial charge >= 0.3 is 0 Å². The Hall–Kier alpha value is -3.09. The fourth-order valence-electron chi connectivity index (χ4n) is 2.70. The van der Waals surface area contributed by atoms with Crippen LogP contribution < -0.4 is 14.2 Å². The maximum Gasteiger partial charge on any atom is 0.278 e. The van der Waals surface area contributed by atoms with E-state index in [2.05, 4.69) is 9.97 Å². The average molecular weight is 355 g/mol. The molecule has 1 atom stereocenters. The standard InChI is InChI=1S/C19H21N3O4/c1-24-15-6-3-14(4-7-15)5-8-17(23)22-12-9-16(13-22)26-19-18(25-2)20-10-11-21-19/h3-8,10-11,16H,9,12-13H2,1-2H3. The van der Waals surface area contributed by atoms with Gasteiger partial charge in [0.25, 0.3) is 11.8 Å². The first-order chi connectivity index (χ1) is 12.7. The summed E-state index contributed by atoms with van der Waals surface area (Å²) in [4.78, 5) is 22.3. The van der Waals surface area contributed by atoms with Gasteiger partial charge in [-0.2, -0.15) is 0 Å². The third-order valence-corrected chi connectivity index (χ3v) is 4.10. The van der Waals surface area contributed by atoms with Crippen LogP contribution in [0.4, 0.5) is 0 Å². The highest BCUT2D eigenvalue weighted by Crippen LogP contribution is 2.24. The van der Waals surface area contributed by atoms with Crippen molar-refractivity contribution in [1.82, 2.24) is 14.9 Å². The van der Waals surface area contributed by atoms with Crippen LogP contribution in [-0.4, -0.2) is 54.2 Å². The molecule has 7 nitrogen and oxygen atoms in total. The molecule has 0 saturated carbocycles. The van der Waals surface area contributed by atoms with Crippen LogP contribution in [0.1, 0.15) is 12.0 Å². The summed E-state index contributed by atoms with van der Waals surface area (Å²) in [6.45, 7) is 1.14. The van der Waals surface area contributed by atoms with Crippen molar-refractivity contribution in [2.75, 3.05) is 27.3 Å². The Morgan fingerprint density at radius 2 is 1.85 bits per heavy atom. The molecule has 1 saturated heterocycles.